The summed E-state index contributed by atoms with van der Waals surface area (Å²) >= 11 is 0. The maximum atomic E-state index is 12.0. The largest absolute Gasteiger partial charge is 0.467 e. The SMILES string of the molecule is COC(=O)C(C)(C)NC(=O)[C@H](C)NC(=O)/C=C/c1ccccc1. The van der Waals surface area contributed by atoms with Crippen molar-refractivity contribution in [3.63, 3.8) is 0 Å². The number of methoxy groups -OCH3 is 1. The lowest BCUT2D eigenvalue weighted by Gasteiger charge is -2.25. The molecule has 1 atom stereocenters. The Hall–Kier alpha value is -2.63. The molecular formula is C17H22N2O4. The highest BCUT2D eigenvalue weighted by molar-refractivity contribution is 5.96. The van der Waals surface area contributed by atoms with Gasteiger partial charge in [0.25, 0.3) is 0 Å². The zero-order valence-corrected chi connectivity index (χ0v) is 13.8. The molecule has 0 saturated heterocycles. The van der Waals surface area contributed by atoms with Gasteiger partial charge in [0.1, 0.15) is 11.6 Å². The average molecular weight is 318 g/mol. The minimum absolute atomic E-state index is 0.396. The second kappa shape index (κ2) is 8.12. The van der Waals surface area contributed by atoms with E-state index >= 15 is 0 Å². The molecule has 1 aromatic carbocycles. The molecular weight excluding hydrogens is 296 g/mol. The fourth-order valence-corrected chi connectivity index (χ4v) is 1.79. The van der Waals surface area contributed by atoms with Gasteiger partial charge in [-0.2, -0.15) is 0 Å². The number of benzene rings is 1. The smallest absolute Gasteiger partial charge is 0.330 e. The molecule has 0 aliphatic rings. The standard InChI is InChI=1S/C17H22N2O4/c1-12(15(21)19-17(2,3)16(22)23-4)18-14(20)11-10-13-8-6-5-7-9-13/h5-12H,1-4H3,(H,18,20)(H,19,21)/b11-10+/t12-/m0/s1. The van der Waals surface area contributed by atoms with Gasteiger partial charge in [-0.05, 0) is 32.4 Å². The number of hydrogen-bond donors (Lipinski definition) is 2. The molecule has 0 saturated carbocycles. The second-order valence-electron chi connectivity index (χ2n) is 5.58. The summed E-state index contributed by atoms with van der Waals surface area (Å²) in [4.78, 5) is 35.4. The van der Waals surface area contributed by atoms with Crippen LogP contribution in [0.1, 0.15) is 26.3 Å². The van der Waals surface area contributed by atoms with Crippen LogP contribution < -0.4 is 10.6 Å². The number of amides is 2. The number of ether oxygens (including phenoxy) is 1. The van der Waals surface area contributed by atoms with Crippen LogP contribution in [0.15, 0.2) is 36.4 Å². The van der Waals surface area contributed by atoms with Crippen molar-refractivity contribution in [2.75, 3.05) is 7.11 Å². The highest BCUT2D eigenvalue weighted by Gasteiger charge is 2.32. The molecule has 1 aromatic rings. The van der Waals surface area contributed by atoms with Gasteiger partial charge in [-0.15, -0.1) is 0 Å². The Labute approximate surface area is 135 Å². The Kier molecular flexibility index (Phi) is 6.50. The van der Waals surface area contributed by atoms with Crippen molar-refractivity contribution in [2.24, 2.45) is 0 Å². The molecule has 0 spiro atoms. The van der Waals surface area contributed by atoms with Crippen LogP contribution in [0, 0.1) is 0 Å². The summed E-state index contributed by atoms with van der Waals surface area (Å²) in [6.07, 6.45) is 3.00. The molecule has 0 aliphatic heterocycles. The van der Waals surface area contributed by atoms with Crippen molar-refractivity contribution in [3.05, 3.63) is 42.0 Å². The normalized spacial score (nSPS) is 12.5. The van der Waals surface area contributed by atoms with Gasteiger partial charge in [0.05, 0.1) is 7.11 Å². The van der Waals surface area contributed by atoms with Crippen LogP contribution >= 0.6 is 0 Å². The molecule has 23 heavy (non-hydrogen) atoms. The summed E-state index contributed by atoms with van der Waals surface area (Å²) in [6.45, 7) is 4.60. The van der Waals surface area contributed by atoms with E-state index in [9.17, 15) is 14.4 Å². The molecule has 124 valence electrons. The van der Waals surface area contributed by atoms with E-state index < -0.39 is 29.4 Å². The van der Waals surface area contributed by atoms with Gasteiger partial charge in [0.2, 0.25) is 11.8 Å². The van der Waals surface area contributed by atoms with E-state index in [2.05, 4.69) is 15.4 Å². The van der Waals surface area contributed by atoms with Crippen molar-refractivity contribution in [2.45, 2.75) is 32.4 Å². The monoisotopic (exact) mass is 318 g/mol. The molecule has 1 rings (SSSR count). The zero-order chi connectivity index (χ0) is 17.5. The molecule has 2 amide bonds. The number of rotatable bonds is 6. The molecule has 6 nitrogen and oxygen atoms in total. The Morgan fingerprint density at radius 3 is 2.35 bits per heavy atom. The molecule has 0 unspecified atom stereocenters. The Morgan fingerprint density at radius 2 is 1.78 bits per heavy atom. The molecule has 0 fully saturated rings. The van der Waals surface area contributed by atoms with Gasteiger partial charge in [-0.3, -0.25) is 9.59 Å². The predicted molar refractivity (Wildman–Crippen MR) is 87.3 cm³/mol. The van der Waals surface area contributed by atoms with Crippen LogP contribution in [-0.4, -0.2) is 36.5 Å². The third kappa shape index (κ3) is 5.94. The van der Waals surface area contributed by atoms with Crippen molar-refractivity contribution >= 4 is 23.9 Å². The van der Waals surface area contributed by atoms with Crippen LogP contribution in [0.5, 0.6) is 0 Å². The molecule has 0 bridgehead atoms. The van der Waals surface area contributed by atoms with Crippen molar-refractivity contribution in [1.29, 1.82) is 0 Å². The fourth-order valence-electron chi connectivity index (χ4n) is 1.79. The second-order valence-corrected chi connectivity index (χ2v) is 5.58. The van der Waals surface area contributed by atoms with Gasteiger partial charge in [0, 0.05) is 6.08 Å². The molecule has 2 N–H and O–H groups in total. The molecule has 0 aliphatic carbocycles. The summed E-state index contributed by atoms with van der Waals surface area (Å²) in [7, 11) is 1.25. The first-order valence-electron chi connectivity index (χ1n) is 7.20. The average Bonchev–Trinajstić information content (AvgIpc) is 2.52. The summed E-state index contributed by atoms with van der Waals surface area (Å²) in [6, 6.07) is 8.54. The van der Waals surface area contributed by atoms with Gasteiger partial charge in [-0.25, -0.2) is 4.79 Å². The van der Waals surface area contributed by atoms with Gasteiger partial charge >= 0.3 is 5.97 Å². The van der Waals surface area contributed by atoms with Crippen molar-refractivity contribution in [1.82, 2.24) is 10.6 Å². The number of carbonyl (C=O) groups excluding carboxylic acids is 3. The first-order chi connectivity index (χ1) is 10.8. The van der Waals surface area contributed by atoms with Crippen LogP contribution in [0.25, 0.3) is 6.08 Å². The fraction of sp³-hybridized carbons (Fsp3) is 0.353. The van der Waals surface area contributed by atoms with Crippen molar-refractivity contribution in [3.8, 4) is 0 Å². The van der Waals surface area contributed by atoms with Gasteiger partial charge < -0.3 is 15.4 Å². The lowest BCUT2D eigenvalue weighted by molar-refractivity contribution is -0.149. The summed E-state index contributed by atoms with van der Waals surface area (Å²) in [5.41, 5.74) is -0.281. The summed E-state index contributed by atoms with van der Waals surface area (Å²) in [5.74, 6) is -1.43. The van der Waals surface area contributed by atoms with E-state index in [0.29, 0.717) is 0 Å². The van der Waals surface area contributed by atoms with Crippen LogP contribution in [-0.2, 0) is 19.1 Å². The minimum atomic E-state index is -1.16. The predicted octanol–water partition coefficient (Wildman–Crippen LogP) is 1.27. The topological polar surface area (TPSA) is 84.5 Å². The number of hydrogen-bond acceptors (Lipinski definition) is 4. The van der Waals surface area contributed by atoms with E-state index in [4.69, 9.17) is 0 Å². The third-order valence-corrected chi connectivity index (χ3v) is 3.11. The van der Waals surface area contributed by atoms with Gasteiger partial charge in [-0.1, -0.05) is 30.3 Å². The van der Waals surface area contributed by atoms with E-state index in [-0.39, 0.29) is 0 Å². The Balaban J connectivity index is 2.56. The highest BCUT2D eigenvalue weighted by atomic mass is 16.5. The minimum Gasteiger partial charge on any atom is -0.467 e. The lowest BCUT2D eigenvalue weighted by Crippen LogP contribution is -2.55. The van der Waals surface area contributed by atoms with Crippen LogP contribution in [0.3, 0.4) is 0 Å². The van der Waals surface area contributed by atoms with Gasteiger partial charge in [0.15, 0.2) is 0 Å². The van der Waals surface area contributed by atoms with E-state index in [1.54, 1.807) is 6.08 Å². The third-order valence-electron chi connectivity index (χ3n) is 3.11. The maximum Gasteiger partial charge on any atom is 0.330 e. The molecule has 0 aromatic heterocycles. The number of carbonyl (C=O) groups is 3. The maximum absolute atomic E-state index is 12.0. The quantitative estimate of drug-likeness (QED) is 0.611. The highest BCUT2D eigenvalue weighted by Crippen LogP contribution is 2.05. The Morgan fingerprint density at radius 1 is 1.17 bits per heavy atom. The van der Waals surface area contributed by atoms with E-state index in [0.717, 1.165) is 5.56 Å². The number of nitrogens with one attached hydrogen (secondary N) is 2. The first-order valence-corrected chi connectivity index (χ1v) is 7.20. The lowest BCUT2D eigenvalue weighted by atomic mass is 10.1. The molecule has 6 heteroatoms. The van der Waals surface area contributed by atoms with E-state index in [1.807, 2.05) is 30.3 Å². The molecule has 0 heterocycles. The first kappa shape index (κ1) is 18.4. The van der Waals surface area contributed by atoms with Crippen molar-refractivity contribution < 1.29 is 19.1 Å². The van der Waals surface area contributed by atoms with Crippen LogP contribution in [0.4, 0.5) is 0 Å². The molecule has 0 radical (unpaired) electrons. The summed E-state index contributed by atoms with van der Waals surface area (Å²) in [5, 5.41) is 5.07. The summed E-state index contributed by atoms with van der Waals surface area (Å²) < 4.78 is 4.61. The van der Waals surface area contributed by atoms with E-state index in [1.165, 1.54) is 34.0 Å². The Bertz CT molecular complexity index is 594. The number of esters is 1. The zero-order valence-electron chi connectivity index (χ0n) is 13.8. The van der Waals surface area contributed by atoms with Crippen LogP contribution in [0.2, 0.25) is 0 Å².